The van der Waals surface area contributed by atoms with Crippen molar-refractivity contribution in [3.63, 3.8) is 0 Å². The molecule has 0 saturated carbocycles. The summed E-state index contributed by atoms with van der Waals surface area (Å²) in [6.45, 7) is 0. The zero-order valence-electron chi connectivity index (χ0n) is 20.0. The van der Waals surface area contributed by atoms with Gasteiger partial charge in [0.25, 0.3) is 0 Å². The van der Waals surface area contributed by atoms with Crippen LogP contribution in [0.15, 0.2) is 133 Å². The van der Waals surface area contributed by atoms with Crippen LogP contribution in [0.4, 0.5) is 28.4 Å². The standard InChI is InChI=1S/C32H28N2O/c1-33(31-14-9-15-32(24-31)35-2)27-20-22-30(23-21-27)34(28-12-7-4-8-13-28)29-18-16-26(17-19-29)25-10-5-3-6-11-25/h3-24H,1-2H3. The number of hydrogen-bond donors (Lipinski definition) is 0. The molecule has 0 amide bonds. The van der Waals surface area contributed by atoms with E-state index in [0.717, 1.165) is 34.2 Å². The lowest BCUT2D eigenvalue weighted by molar-refractivity contribution is 0.415. The number of methoxy groups -OCH3 is 1. The van der Waals surface area contributed by atoms with E-state index in [1.54, 1.807) is 7.11 Å². The number of nitrogens with zero attached hydrogens (tertiary/aromatic N) is 2. The maximum Gasteiger partial charge on any atom is 0.120 e. The Bertz CT molecular complexity index is 1370. The fourth-order valence-corrected chi connectivity index (χ4v) is 4.25. The lowest BCUT2D eigenvalue weighted by Gasteiger charge is -2.27. The van der Waals surface area contributed by atoms with Gasteiger partial charge < -0.3 is 14.5 Å². The second-order valence-electron chi connectivity index (χ2n) is 8.36. The van der Waals surface area contributed by atoms with E-state index in [9.17, 15) is 0 Å². The lowest BCUT2D eigenvalue weighted by Crippen LogP contribution is -2.12. The number of ether oxygens (including phenoxy) is 1. The van der Waals surface area contributed by atoms with Gasteiger partial charge >= 0.3 is 0 Å². The first-order valence-electron chi connectivity index (χ1n) is 11.7. The van der Waals surface area contributed by atoms with Crippen molar-refractivity contribution in [2.45, 2.75) is 0 Å². The van der Waals surface area contributed by atoms with Crippen LogP contribution in [0.2, 0.25) is 0 Å². The van der Waals surface area contributed by atoms with Crippen molar-refractivity contribution in [2.24, 2.45) is 0 Å². The Hall–Kier alpha value is -4.50. The zero-order chi connectivity index (χ0) is 24.0. The van der Waals surface area contributed by atoms with E-state index in [2.05, 4.69) is 120 Å². The maximum absolute atomic E-state index is 5.39. The summed E-state index contributed by atoms with van der Waals surface area (Å²) in [5.74, 6) is 0.847. The quantitative estimate of drug-likeness (QED) is 0.244. The first-order chi connectivity index (χ1) is 17.2. The fourth-order valence-electron chi connectivity index (χ4n) is 4.25. The van der Waals surface area contributed by atoms with Gasteiger partial charge in [-0.15, -0.1) is 0 Å². The lowest BCUT2D eigenvalue weighted by atomic mass is 10.0. The van der Waals surface area contributed by atoms with Gasteiger partial charge in [0.2, 0.25) is 0 Å². The molecule has 172 valence electrons. The molecule has 0 saturated heterocycles. The minimum atomic E-state index is 0.847. The summed E-state index contributed by atoms with van der Waals surface area (Å²) < 4.78 is 5.39. The van der Waals surface area contributed by atoms with Crippen molar-refractivity contribution in [1.29, 1.82) is 0 Å². The summed E-state index contributed by atoms with van der Waals surface area (Å²) >= 11 is 0. The van der Waals surface area contributed by atoms with Gasteiger partial charge in [-0.1, -0.05) is 66.7 Å². The van der Waals surface area contributed by atoms with Gasteiger partial charge in [0.15, 0.2) is 0 Å². The molecule has 3 nitrogen and oxygen atoms in total. The van der Waals surface area contributed by atoms with Crippen LogP contribution in [0.5, 0.6) is 5.75 Å². The summed E-state index contributed by atoms with van der Waals surface area (Å²) in [4.78, 5) is 4.44. The SMILES string of the molecule is COc1cccc(N(C)c2ccc(N(c3ccccc3)c3ccc(-c4ccccc4)cc3)cc2)c1. The van der Waals surface area contributed by atoms with E-state index in [0.29, 0.717) is 0 Å². The third-order valence-corrected chi connectivity index (χ3v) is 6.18. The van der Waals surface area contributed by atoms with Crippen LogP contribution >= 0.6 is 0 Å². The van der Waals surface area contributed by atoms with Crippen molar-refractivity contribution in [3.05, 3.63) is 133 Å². The predicted octanol–water partition coefficient (Wildman–Crippen LogP) is 8.60. The number of benzene rings is 5. The van der Waals surface area contributed by atoms with Crippen LogP contribution in [0.3, 0.4) is 0 Å². The molecular weight excluding hydrogens is 428 g/mol. The van der Waals surface area contributed by atoms with Crippen LogP contribution in [-0.2, 0) is 0 Å². The van der Waals surface area contributed by atoms with Crippen LogP contribution in [0.25, 0.3) is 11.1 Å². The van der Waals surface area contributed by atoms with Gasteiger partial charge in [-0.05, 0) is 71.8 Å². The maximum atomic E-state index is 5.39. The molecule has 0 aliphatic heterocycles. The number of para-hydroxylation sites is 1. The molecule has 0 aliphatic rings. The van der Waals surface area contributed by atoms with Gasteiger partial charge in [0, 0.05) is 41.6 Å². The van der Waals surface area contributed by atoms with Crippen LogP contribution in [-0.4, -0.2) is 14.2 Å². The molecule has 0 atom stereocenters. The first-order valence-corrected chi connectivity index (χ1v) is 11.7. The highest BCUT2D eigenvalue weighted by molar-refractivity contribution is 5.79. The van der Waals surface area contributed by atoms with Crippen molar-refractivity contribution in [1.82, 2.24) is 0 Å². The van der Waals surface area contributed by atoms with E-state index in [1.807, 2.05) is 30.3 Å². The summed E-state index contributed by atoms with van der Waals surface area (Å²) in [5.41, 5.74) is 7.95. The first kappa shape index (κ1) is 22.3. The summed E-state index contributed by atoms with van der Waals surface area (Å²) in [5, 5.41) is 0. The number of anilines is 5. The number of rotatable bonds is 7. The van der Waals surface area contributed by atoms with E-state index in [-0.39, 0.29) is 0 Å². The zero-order valence-corrected chi connectivity index (χ0v) is 20.0. The molecule has 35 heavy (non-hydrogen) atoms. The smallest absolute Gasteiger partial charge is 0.120 e. The Morgan fingerprint density at radius 1 is 0.457 bits per heavy atom. The van der Waals surface area contributed by atoms with Gasteiger partial charge in [-0.3, -0.25) is 0 Å². The average molecular weight is 457 g/mol. The monoisotopic (exact) mass is 456 g/mol. The normalized spacial score (nSPS) is 10.6. The average Bonchev–Trinajstić information content (AvgIpc) is 2.95. The predicted molar refractivity (Wildman–Crippen MR) is 148 cm³/mol. The van der Waals surface area contributed by atoms with Crippen LogP contribution in [0, 0.1) is 0 Å². The Labute approximate surface area is 207 Å². The molecule has 0 N–H and O–H groups in total. The fraction of sp³-hybridized carbons (Fsp3) is 0.0625. The molecule has 0 bridgehead atoms. The van der Waals surface area contributed by atoms with Gasteiger partial charge in [-0.25, -0.2) is 0 Å². The third kappa shape index (κ3) is 4.90. The molecule has 0 aromatic heterocycles. The van der Waals surface area contributed by atoms with E-state index < -0.39 is 0 Å². The summed E-state index contributed by atoms with van der Waals surface area (Å²) in [6.07, 6.45) is 0. The molecule has 0 fully saturated rings. The van der Waals surface area contributed by atoms with Crippen LogP contribution in [0.1, 0.15) is 0 Å². The van der Waals surface area contributed by atoms with Gasteiger partial charge in [0.1, 0.15) is 5.75 Å². The Morgan fingerprint density at radius 2 is 0.943 bits per heavy atom. The second-order valence-corrected chi connectivity index (χ2v) is 8.36. The molecular formula is C32H28N2O. The summed E-state index contributed by atoms with van der Waals surface area (Å²) in [7, 11) is 3.76. The van der Waals surface area contributed by atoms with E-state index in [4.69, 9.17) is 4.74 Å². The van der Waals surface area contributed by atoms with Crippen molar-refractivity contribution < 1.29 is 4.74 Å². The van der Waals surface area contributed by atoms with Crippen molar-refractivity contribution in [3.8, 4) is 16.9 Å². The largest absolute Gasteiger partial charge is 0.497 e. The molecule has 5 rings (SSSR count). The molecule has 0 aliphatic carbocycles. The highest BCUT2D eigenvalue weighted by atomic mass is 16.5. The minimum absolute atomic E-state index is 0.847. The molecule has 0 spiro atoms. The van der Waals surface area contributed by atoms with Crippen molar-refractivity contribution in [2.75, 3.05) is 24.0 Å². The molecule has 3 heteroatoms. The minimum Gasteiger partial charge on any atom is -0.497 e. The van der Waals surface area contributed by atoms with E-state index >= 15 is 0 Å². The van der Waals surface area contributed by atoms with Gasteiger partial charge in [-0.2, -0.15) is 0 Å². The van der Waals surface area contributed by atoms with Crippen LogP contribution < -0.4 is 14.5 Å². The summed E-state index contributed by atoms with van der Waals surface area (Å²) in [6, 6.07) is 46.4. The Balaban J connectivity index is 1.47. The second kappa shape index (κ2) is 10.2. The molecule has 0 heterocycles. The molecule has 5 aromatic rings. The topological polar surface area (TPSA) is 15.7 Å². The van der Waals surface area contributed by atoms with Crippen molar-refractivity contribution >= 4 is 28.4 Å². The third-order valence-electron chi connectivity index (χ3n) is 6.18. The van der Waals surface area contributed by atoms with Gasteiger partial charge in [0.05, 0.1) is 7.11 Å². The van der Waals surface area contributed by atoms with E-state index in [1.165, 1.54) is 11.1 Å². The Morgan fingerprint density at radius 3 is 1.57 bits per heavy atom. The molecule has 0 radical (unpaired) electrons. The Kier molecular flexibility index (Phi) is 6.49. The molecule has 5 aromatic carbocycles. The highest BCUT2D eigenvalue weighted by Crippen LogP contribution is 2.37. The number of hydrogen-bond acceptors (Lipinski definition) is 3. The molecule has 0 unspecified atom stereocenters. The highest BCUT2D eigenvalue weighted by Gasteiger charge is 2.13.